The van der Waals surface area contributed by atoms with Crippen molar-refractivity contribution in [2.24, 2.45) is 0 Å². The number of hydrogen-bond acceptors (Lipinski definition) is 17. The maximum atomic E-state index is 13.4. The number of hydrogen-bond donors (Lipinski definition) is 1. The van der Waals surface area contributed by atoms with Crippen molar-refractivity contribution >= 4 is 29.8 Å². The Morgan fingerprint density at radius 1 is 0.722 bits per heavy atom. The second kappa shape index (κ2) is 18.1. The van der Waals surface area contributed by atoms with E-state index in [1.165, 1.54) is 25.1 Å². The van der Waals surface area contributed by atoms with Gasteiger partial charge in [-0.2, -0.15) is 0 Å². The van der Waals surface area contributed by atoms with Gasteiger partial charge in [0.05, 0.1) is 17.7 Å². The van der Waals surface area contributed by atoms with E-state index in [0.717, 1.165) is 20.8 Å². The Hall–Kier alpha value is -4.75. The molecule has 0 aromatic heterocycles. The summed E-state index contributed by atoms with van der Waals surface area (Å²) in [6, 6.07) is 16.1. The lowest BCUT2D eigenvalue weighted by Gasteiger charge is -2.45. The molecule has 17 heteroatoms. The molecule has 1 N–H and O–H groups in total. The maximum absolute atomic E-state index is 13.4. The summed E-state index contributed by atoms with van der Waals surface area (Å²) in [5.41, 5.74) is 0.402. The van der Waals surface area contributed by atoms with E-state index in [1.807, 2.05) is 0 Å². The Labute approximate surface area is 310 Å². The molecular formula is C37H42O17. The highest BCUT2D eigenvalue weighted by Gasteiger charge is 2.62. The molecule has 0 spiro atoms. The average Bonchev–Trinajstić information content (AvgIpc) is 3.48. The van der Waals surface area contributed by atoms with Crippen LogP contribution in [0.1, 0.15) is 48.4 Å². The minimum Gasteiger partial charge on any atom is -0.463 e. The topological polar surface area (TPSA) is 207 Å². The third-order valence-electron chi connectivity index (χ3n) is 8.31. The van der Waals surface area contributed by atoms with Crippen LogP contribution in [0.15, 0.2) is 73.3 Å². The quantitative estimate of drug-likeness (QED) is 0.166. The van der Waals surface area contributed by atoms with Crippen molar-refractivity contribution in [3.8, 4) is 0 Å². The van der Waals surface area contributed by atoms with Crippen LogP contribution in [-0.4, -0.2) is 122 Å². The number of ether oxygens (including phenoxy) is 11. The molecule has 2 aromatic rings. The van der Waals surface area contributed by atoms with Gasteiger partial charge in [0.15, 0.2) is 37.0 Å². The van der Waals surface area contributed by atoms with Crippen LogP contribution in [0.4, 0.5) is 0 Å². The number of esters is 5. The van der Waals surface area contributed by atoms with Gasteiger partial charge in [-0.15, -0.1) is 6.58 Å². The SMILES string of the molecule is C=CCO[C@H]1O[C@H](COC(=O)c2ccccc2)[C@@H](O)[C@H](O[C@]2(C)O[C@H]3O[C@H](COC(C)=O)[C@H](OC(C)=O)[C@H](OC(C)=O)[C@H]3O2)[C@H]1OC(=O)c1ccccc1. The summed E-state index contributed by atoms with van der Waals surface area (Å²) in [7, 11) is 0. The van der Waals surface area contributed by atoms with Crippen LogP contribution >= 0.6 is 0 Å². The zero-order chi connectivity index (χ0) is 39.0. The molecule has 3 heterocycles. The van der Waals surface area contributed by atoms with Crippen LogP contribution in [0.25, 0.3) is 0 Å². The number of rotatable bonds is 14. The summed E-state index contributed by atoms with van der Waals surface area (Å²) >= 11 is 0. The Kier molecular flexibility index (Phi) is 13.5. The second-order valence-electron chi connectivity index (χ2n) is 12.5. The molecular weight excluding hydrogens is 716 g/mol. The molecule has 54 heavy (non-hydrogen) atoms. The zero-order valence-corrected chi connectivity index (χ0v) is 29.9. The van der Waals surface area contributed by atoms with Crippen molar-refractivity contribution in [3.05, 3.63) is 84.4 Å². The van der Waals surface area contributed by atoms with Gasteiger partial charge in [-0.3, -0.25) is 19.1 Å². The average molecular weight is 759 g/mol. The monoisotopic (exact) mass is 758 g/mol. The van der Waals surface area contributed by atoms with Crippen molar-refractivity contribution in [2.75, 3.05) is 19.8 Å². The van der Waals surface area contributed by atoms with E-state index < -0.39 is 110 Å². The lowest BCUT2D eigenvalue weighted by molar-refractivity contribution is -0.398. The predicted molar refractivity (Wildman–Crippen MR) is 179 cm³/mol. The maximum Gasteiger partial charge on any atom is 0.338 e. The van der Waals surface area contributed by atoms with Crippen molar-refractivity contribution in [3.63, 3.8) is 0 Å². The molecule has 2 aromatic carbocycles. The van der Waals surface area contributed by atoms with Gasteiger partial charge in [-0.05, 0) is 24.3 Å². The molecule has 0 amide bonds. The fourth-order valence-corrected chi connectivity index (χ4v) is 6.05. The van der Waals surface area contributed by atoms with Gasteiger partial charge in [-0.25, -0.2) is 9.59 Å². The Bertz CT molecular complexity index is 1640. The smallest absolute Gasteiger partial charge is 0.338 e. The largest absolute Gasteiger partial charge is 0.463 e. The van der Waals surface area contributed by atoms with E-state index in [-0.39, 0.29) is 17.7 Å². The summed E-state index contributed by atoms with van der Waals surface area (Å²) in [6.07, 6.45) is -12.7. The van der Waals surface area contributed by atoms with Crippen LogP contribution in [0.3, 0.4) is 0 Å². The second-order valence-corrected chi connectivity index (χ2v) is 12.5. The van der Waals surface area contributed by atoms with Gasteiger partial charge in [0.2, 0.25) is 0 Å². The van der Waals surface area contributed by atoms with Crippen molar-refractivity contribution < 1.29 is 81.2 Å². The van der Waals surface area contributed by atoms with Crippen LogP contribution in [0.5, 0.6) is 0 Å². The highest BCUT2D eigenvalue weighted by atomic mass is 16.9. The van der Waals surface area contributed by atoms with E-state index in [0.29, 0.717) is 0 Å². The summed E-state index contributed by atoms with van der Waals surface area (Å²) in [5.74, 6) is -5.89. The number of aliphatic hydroxyl groups is 1. The summed E-state index contributed by atoms with van der Waals surface area (Å²) in [4.78, 5) is 62.3. The van der Waals surface area contributed by atoms with Crippen molar-refractivity contribution in [1.82, 2.24) is 0 Å². The van der Waals surface area contributed by atoms with E-state index in [4.69, 9.17) is 52.1 Å². The first-order chi connectivity index (χ1) is 25.8. The molecule has 292 valence electrons. The summed E-state index contributed by atoms with van der Waals surface area (Å²) in [6.45, 7) is 7.36. The first-order valence-electron chi connectivity index (χ1n) is 17.0. The number of benzene rings is 2. The molecule has 0 radical (unpaired) electrons. The lowest BCUT2D eigenvalue weighted by Crippen LogP contribution is -2.63. The Morgan fingerprint density at radius 2 is 1.31 bits per heavy atom. The third kappa shape index (κ3) is 10.1. The van der Waals surface area contributed by atoms with Crippen LogP contribution < -0.4 is 0 Å². The normalized spacial score (nSPS) is 31.6. The van der Waals surface area contributed by atoms with E-state index in [1.54, 1.807) is 48.5 Å². The zero-order valence-electron chi connectivity index (χ0n) is 29.9. The van der Waals surface area contributed by atoms with Crippen molar-refractivity contribution in [1.29, 1.82) is 0 Å². The molecule has 0 aliphatic carbocycles. The standard InChI is InChI=1S/C37H42O17/c1-6-17-44-35-31(51-34(43)24-15-11-8-12-16-24)29(27(41)25(49-35)18-46-33(42)23-13-9-7-10-14-23)52-37(5)53-32-30(48-22(4)40)28(47-21(3)39)26(19-45-20(2)38)50-36(32)54-37/h6-16,25-32,35-36,41H,1,17-19H2,2-5H3/t25-,26-,27-,28+,29+,30+,31-,32-,35+,36-,37+/m1/s1. The molecule has 17 nitrogen and oxygen atoms in total. The molecule has 0 unspecified atom stereocenters. The minimum absolute atomic E-state index is 0.100. The highest BCUT2D eigenvalue weighted by Crippen LogP contribution is 2.42. The van der Waals surface area contributed by atoms with E-state index in [9.17, 15) is 29.1 Å². The number of carbonyl (C=O) groups excluding carboxylic acids is 5. The van der Waals surface area contributed by atoms with Crippen molar-refractivity contribution in [2.45, 2.75) is 95.1 Å². The number of carbonyl (C=O) groups is 5. The minimum atomic E-state index is -2.17. The van der Waals surface area contributed by atoms with Gasteiger partial charge in [0.25, 0.3) is 5.97 Å². The van der Waals surface area contributed by atoms with Gasteiger partial charge in [0, 0.05) is 27.7 Å². The first-order valence-corrected chi connectivity index (χ1v) is 17.0. The van der Waals surface area contributed by atoms with Crippen LogP contribution in [0.2, 0.25) is 0 Å². The Morgan fingerprint density at radius 3 is 1.91 bits per heavy atom. The fraction of sp³-hybridized carbons (Fsp3) is 0.486. The molecule has 3 aliphatic rings. The molecule has 3 aliphatic heterocycles. The van der Waals surface area contributed by atoms with Gasteiger partial charge < -0.3 is 52.5 Å². The van der Waals surface area contributed by atoms with Gasteiger partial charge in [-0.1, -0.05) is 42.5 Å². The number of aliphatic hydroxyl groups excluding tert-OH is 1. The van der Waals surface area contributed by atoms with Crippen LogP contribution in [0, 0.1) is 0 Å². The third-order valence-corrected chi connectivity index (χ3v) is 8.31. The molecule has 3 fully saturated rings. The molecule has 5 rings (SSSR count). The predicted octanol–water partition coefficient (Wildman–Crippen LogP) is 1.98. The van der Waals surface area contributed by atoms with Gasteiger partial charge in [0.1, 0.15) is 37.6 Å². The molecule has 0 bridgehead atoms. The highest BCUT2D eigenvalue weighted by molar-refractivity contribution is 5.89. The molecule has 0 saturated carbocycles. The van der Waals surface area contributed by atoms with Crippen LogP contribution in [-0.2, 0) is 66.5 Å². The summed E-state index contributed by atoms with van der Waals surface area (Å²) in [5, 5.41) is 11.8. The lowest BCUT2D eigenvalue weighted by atomic mass is 9.98. The molecule has 11 atom stereocenters. The van der Waals surface area contributed by atoms with E-state index in [2.05, 4.69) is 6.58 Å². The summed E-state index contributed by atoms with van der Waals surface area (Å²) < 4.78 is 63.9. The fourth-order valence-electron chi connectivity index (χ4n) is 6.05. The van der Waals surface area contributed by atoms with Gasteiger partial charge >= 0.3 is 29.8 Å². The molecule has 3 saturated heterocycles. The first kappa shape index (κ1) is 40.4. The van der Waals surface area contributed by atoms with E-state index >= 15 is 0 Å². The Balaban J connectivity index is 1.46. The number of fused-ring (bicyclic) bond motifs is 1.